The smallest absolute Gasteiger partial charge is 0.145 e. The predicted molar refractivity (Wildman–Crippen MR) is 82.4 cm³/mol. The van der Waals surface area contributed by atoms with Gasteiger partial charge in [0.1, 0.15) is 15.8 Å². The van der Waals surface area contributed by atoms with Crippen LogP contribution >= 0.6 is 22.9 Å². The average molecular weight is 312 g/mol. The summed E-state index contributed by atoms with van der Waals surface area (Å²) in [4.78, 5) is 13.5. The summed E-state index contributed by atoms with van der Waals surface area (Å²) in [5, 5.41) is 11.2. The fourth-order valence-electron chi connectivity index (χ4n) is 2.69. The number of thiophene rings is 1. The molecular weight excluding hydrogens is 294 g/mol. The molecule has 2 aromatic heterocycles. The van der Waals surface area contributed by atoms with Crippen molar-refractivity contribution in [2.75, 3.05) is 13.1 Å². The van der Waals surface area contributed by atoms with Gasteiger partial charge >= 0.3 is 0 Å². The normalized spacial score (nSPS) is 20.7. The molecule has 1 aliphatic heterocycles. The summed E-state index contributed by atoms with van der Waals surface area (Å²) in [6.45, 7) is 6.48. The number of aryl methyl sites for hydroxylation is 2. The van der Waals surface area contributed by atoms with Crippen LogP contribution in [0.4, 0.5) is 0 Å². The molecular formula is C14H18ClN3OS. The highest BCUT2D eigenvalue weighted by Crippen LogP contribution is 2.33. The molecule has 1 saturated heterocycles. The molecule has 1 aliphatic rings. The number of aliphatic hydroxyl groups excluding tert-OH is 1. The van der Waals surface area contributed by atoms with Crippen molar-refractivity contribution >= 4 is 33.2 Å². The molecule has 1 atom stereocenters. The lowest BCUT2D eigenvalue weighted by molar-refractivity contribution is 0.0656. The predicted octanol–water partition coefficient (Wildman–Crippen LogP) is 2.92. The molecule has 2 aromatic rings. The topological polar surface area (TPSA) is 49.2 Å². The van der Waals surface area contributed by atoms with Crippen LogP contribution < -0.4 is 0 Å². The van der Waals surface area contributed by atoms with Crippen LogP contribution in [0.1, 0.15) is 29.1 Å². The molecule has 1 N–H and O–H groups in total. The Hall–Kier alpha value is -0.750. The van der Waals surface area contributed by atoms with E-state index >= 15 is 0 Å². The lowest BCUT2D eigenvalue weighted by Crippen LogP contribution is -2.38. The molecule has 1 unspecified atom stereocenters. The van der Waals surface area contributed by atoms with Crippen LogP contribution in [0.5, 0.6) is 0 Å². The number of aromatic nitrogens is 2. The number of fused-ring (bicyclic) bond motifs is 1. The number of aliphatic hydroxyl groups is 1. The van der Waals surface area contributed by atoms with Gasteiger partial charge in [0.25, 0.3) is 0 Å². The molecule has 0 aliphatic carbocycles. The first-order chi connectivity index (χ1) is 9.54. The second-order valence-corrected chi connectivity index (χ2v) is 6.99. The summed E-state index contributed by atoms with van der Waals surface area (Å²) in [6.07, 6.45) is 1.68. The number of nitrogens with zero attached hydrogens (tertiary/aromatic N) is 3. The Morgan fingerprint density at radius 2 is 2.20 bits per heavy atom. The van der Waals surface area contributed by atoms with Gasteiger partial charge in [0.2, 0.25) is 0 Å². The van der Waals surface area contributed by atoms with Crippen LogP contribution in [-0.4, -0.2) is 39.2 Å². The van der Waals surface area contributed by atoms with Crippen molar-refractivity contribution in [1.82, 2.24) is 14.9 Å². The van der Waals surface area contributed by atoms with E-state index in [1.165, 1.54) is 10.4 Å². The van der Waals surface area contributed by atoms with E-state index in [1.807, 2.05) is 0 Å². The van der Waals surface area contributed by atoms with Crippen molar-refractivity contribution in [1.29, 1.82) is 0 Å². The first-order valence-electron chi connectivity index (χ1n) is 6.87. The summed E-state index contributed by atoms with van der Waals surface area (Å²) in [6, 6.07) is 0. The molecule has 3 heterocycles. The quantitative estimate of drug-likeness (QED) is 0.866. The standard InChI is InChI=1S/C14H18ClN3OS/c1-8-9(2)20-14-12(8)13(15)16-11(17-14)7-18-5-3-4-10(19)6-18/h10,19H,3-7H2,1-2H3. The lowest BCUT2D eigenvalue weighted by Gasteiger charge is -2.29. The van der Waals surface area contributed by atoms with E-state index in [0.29, 0.717) is 18.2 Å². The number of piperidine rings is 1. The van der Waals surface area contributed by atoms with Gasteiger partial charge in [0.05, 0.1) is 18.0 Å². The Bertz CT molecular complexity index is 643. The van der Waals surface area contributed by atoms with Crippen molar-refractivity contribution in [3.63, 3.8) is 0 Å². The lowest BCUT2D eigenvalue weighted by atomic mass is 10.1. The molecule has 108 valence electrons. The Kier molecular flexibility index (Phi) is 3.95. The molecule has 0 radical (unpaired) electrons. The van der Waals surface area contributed by atoms with E-state index in [1.54, 1.807) is 11.3 Å². The fourth-order valence-corrected chi connectivity index (χ4v) is 4.12. The zero-order valence-electron chi connectivity index (χ0n) is 11.7. The van der Waals surface area contributed by atoms with Crippen molar-refractivity contribution in [3.8, 4) is 0 Å². The van der Waals surface area contributed by atoms with Crippen molar-refractivity contribution in [3.05, 3.63) is 21.4 Å². The van der Waals surface area contributed by atoms with Crippen LogP contribution in [0.3, 0.4) is 0 Å². The highest BCUT2D eigenvalue weighted by molar-refractivity contribution is 7.18. The van der Waals surface area contributed by atoms with Crippen molar-refractivity contribution in [2.45, 2.75) is 39.3 Å². The minimum atomic E-state index is -0.228. The van der Waals surface area contributed by atoms with E-state index in [2.05, 4.69) is 28.7 Å². The largest absolute Gasteiger partial charge is 0.392 e. The summed E-state index contributed by atoms with van der Waals surface area (Å²) in [7, 11) is 0. The number of rotatable bonds is 2. The second-order valence-electron chi connectivity index (χ2n) is 5.43. The number of halogens is 1. The zero-order valence-corrected chi connectivity index (χ0v) is 13.3. The third-order valence-corrected chi connectivity index (χ3v) is 5.25. The van der Waals surface area contributed by atoms with E-state index in [0.717, 1.165) is 35.4 Å². The highest BCUT2D eigenvalue weighted by Gasteiger charge is 2.20. The van der Waals surface area contributed by atoms with Gasteiger partial charge < -0.3 is 5.11 Å². The minimum absolute atomic E-state index is 0.228. The first kappa shape index (κ1) is 14.2. The maximum Gasteiger partial charge on any atom is 0.145 e. The van der Waals surface area contributed by atoms with Crippen LogP contribution in [-0.2, 0) is 6.54 Å². The van der Waals surface area contributed by atoms with Crippen LogP contribution in [0.2, 0.25) is 5.15 Å². The zero-order chi connectivity index (χ0) is 14.3. The van der Waals surface area contributed by atoms with Gasteiger partial charge in [-0.25, -0.2) is 9.97 Å². The maximum atomic E-state index is 9.72. The van der Waals surface area contributed by atoms with Gasteiger partial charge in [0, 0.05) is 11.4 Å². The van der Waals surface area contributed by atoms with Gasteiger partial charge in [-0.3, -0.25) is 4.90 Å². The van der Waals surface area contributed by atoms with E-state index in [9.17, 15) is 5.11 Å². The second kappa shape index (κ2) is 5.56. The summed E-state index contributed by atoms with van der Waals surface area (Å²) < 4.78 is 0. The molecule has 3 rings (SSSR count). The maximum absolute atomic E-state index is 9.72. The molecule has 1 fully saturated rings. The van der Waals surface area contributed by atoms with Crippen LogP contribution in [0.25, 0.3) is 10.2 Å². The SMILES string of the molecule is Cc1sc2nc(CN3CCCC(O)C3)nc(Cl)c2c1C. The Labute approximate surface area is 127 Å². The summed E-state index contributed by atoms with van der Waals surface area (Å²) >= 11 is 7.98. The monoisotopic (exact) mass is 311 g/mol. The molecule has 0 spiro atoms. The van der Waals surface area contributed by atoms with E-state index in [4.69, 9.17) is 11.6 Å². The Balaban J connectivity index is 1.89. The average Bonchev–Trinajstić information content (AvgIpc) is 2.65. The first-order valence-corrected chi connectivity index (χ1v) is 8.06. The van der Waals surface area contributed by atoms with Gasteiger partial charge in [0.15, 0.2) is 0 Å². The van der Waals surface area contributed by atoms with Crippen molar-refractivity contribution < 1.29 is 5.11 Å². The van der Waals surface area contributed by atoms with Crippen molar-refractivity contribution in [2.24, 2.45) is 0 Å². The van der Waals surface area contributed by atoms with Gasteiger partial charge in [-0.2, -0.15) is 0 Å². The molecule has 4 nitrogen and oxygen atoms in total. The molecule has 0 aromatic carbocycles. The third kappa shape index (κ3) is 2.68. The number of hydrogen-bond acceptors (Lipinski definition) is 5. The fraction of sp³-hybridized carbons (Fsp3) is 0.571. The van der Waals surface area contributed by atoms with E-state index < -0.39 is 0 Å². The molecule has 6 heteroatoms. The number of likely N-dealkylation sites (tertiary alicyclic amines) is 1. The molecule has 0 amide bonds. The highest BCUT2D eigenvalue weighted by atomic mass is 35.5. The summed E-state index contributed by atoms with van der Waals surface area (Å²) in [5.41, 5.74) is 1.18. The number of β-amino-alcohol motifs (C(OH)–C–C–N with tert-alkyl or cyclic N) is 1. The van der Waals surface area contributed by atoms with Gasteiger partial charge in [-0.15, -0.1) is 11.3 Å². The summed E-state index contributed by atoms with van der Waals surface area (Å²) in [5.74, 6) is 0.748. The minimum Gasteiger partial charge on any atom is -0.392 e. The Morgan fingerprint density at radius 3 is 2.95 bits per heavy atom. The van der Waals surface area contributed by atoms with Crippen LogP contribution in [0, 0.1) is 13.8 Å². The third-order valence-electron chi connectivity index (χ3n) is 3.88. The van der Waals surface area contributed by atoms with Gasteiger partial charge in [-0.05, 0) is 38.8 Å². The van der Waals surface area contributed by atoms with E-state index in [-0.39, 0.29) is 6.10 Å². The molecule has 0 saturated carbocycles. The van der Waals surface area contributed by atoms with Crippen LogP contribution in [0.15, 0.2) is 0 Å². The Morgan fingerprint density at radius 1 is 1.40 bits per heavy atom. The van der Waals surface area contributed by atoms with Gasteiger partial charge in [-0.1, -0.05) is 11.6 Å². The number of hydrogen-bond donors (Lipinski definition) is 1. The molecule has 20 heavy (non-hydrogen) atoms. The molecule has 0 bridgehead atoms.